The van der Waals surface area contributed by atoms with Crippen molar-refractivity contribution in [2.45, 2.75) is 26.2 Å². The standard InChI is InChI=1S/C11H12FN/c1-5-8-6-13-7-9(12)10(8)11(2,3)4/h1,6-7H,2-4H3. The molecule has 13 heavy (non-hydrogen) atoms. The summed E-state index contributed by atoms with van der Waals surface area (Å²) in [7, 11) is 0. The van der Waals surface area contributed by atoms with Crippen LogP contribution in [0.3, 0.4) is 0 Å². The first-order valence-electron chi connectivity index (χ1n) is 4.07. The summed E-state index contributed by atoms with van der Waals surface area (Å²) in [6.45, 7) is 5.77. The minimum absolute atomic E-state index is 0.283. The molecule has 0 N–H and O–H groups in total. The molecule has 0 aromatic carbocycles. The smallest absolute Gasteiger partial charge is 0.146 e. The van der Waals surface area contributed by atoms with Crippen LogP contribution in [0.15, 0.2) is 12.4 Å². The van der Waals surface area contributed by atoms with Crippen LogP contribution in [-0.4, -0.2) is 4.98 Å². The quantitative estimate of drug-likeness (QED) is 0.555. The van der Waals surface area contributed by atoms with Gasteiger partial charge in [-0.05, 0) is 5.41 Å². The molecular weight excluding hydrogens is 165 g/mol. The van der Waals surface area contributed by atoms with Crippen LogP contribution in [0.4, 0.5) is 4.39 Å². The average Bonchev–Trinajstić information content (AvgIpc) is 2.01. The number of hydrogen-bond acceptors (Lipinski definition) is 1. The van der Waals surface area contributed by atoms with Gasteiger partial charge in [0.05, 0.1) is 6.20 Å². The van der Waals surface area contributed by atoms with Gasteiger partial charge in [-0.1, -0.05) is 26.7 Å². The fourth-order valence-corrected chi connectivity index (χ4v) is 1.31. The average molecular weight is 177 g/mol. The molecule has 0 saturated carbocycles. The lowest BCUT2D eigenvalue weighted by molar-refractivity contribution is 0.517. The second kappa shape index (κ2) is 3.18. The second-order valence-electron chi connectivity index (χ2n) is 3.94. The van der Waals surface area contributed by atoms with Gasteiger partial charge in [0.2, 0.25) is 0 Å². The fraction of sp³-hybridized carbons (Fsp3) is 0.364. The first kappa shape index (κ1) is 9.73. The second-order valence-corrected chi connectivity index (χ2v) is 3.94. The van der Waals surface area contributed by atoms with Crippen LogP contribution in [0, 0.1) is 18.2 Å². The Bertz CT molecular complexity index is 355. The molecule has 0 aliphatic carbocycles. The normalized spacial score (nSPS) is 11.0. The first-order chi connectivity index (χ1) is 5.96. The van der Waals surface area contributed by atoms with Gasteiger partial charge in [-0.2, -0.15) is 0 Å². The molecule has 1 heterocycles. The molecule has 0 fully saturated rings. The van der Waals surface area contributed by atoms with Crippen LogP contribution in [0.25, 0.3) is 0 Å². The Morgan fingerprint density at radius 1 is 1.38 bits per heavy atom. The van der Waals surface area contributed by atoms with E-state index in [0.717, 1.165) is 0 Å². The third-order valence-electron chi connectivity index (χ3n) is 1.81. The number of nitrogens with zero attached hydrogens (tertiary/aromatic N) is 1. The largest absolute Gasteiger partial charge is 0.260 e. The lowest BCUT2D eigenvalue weighted by atomic mass is 9.84. The summed E-state index contributed by atoms with van der Waals surface area (Å²) in [5.74, 6) is 2.11. The van der Waals surface area contributed by atoms with Crippen LogP contribution in [0.2, 0.25) is 0 Å². The van der Waals surface area contributed by atoms with Crippen LogP contribution >= 0.6 is 0 Å². The lowest BCUT2D eigenvalue weighted by Gasteiger charge is -2.20. The molecule has 1 aromatic rings. The molecule has 0 aliphatic heterocycles. The summed E-state index contributed by atoms with van der Waals surface area (Å²) >= 11 is 0. The van der Waals surface area contributed by atoms with Crippen molar-refractivity contribution in [2.24, 2.45) is 0 Å². The summed E-state index contributed by atoms with van der Waals surface area (Å²) in [4.78, 5) is 3.71. The highest BCUT2D eigenvalue weighted by atomic mass is 19.1. The molecule has 0 aliphatic rings. The number of rotatable bonds is 0. The zero-order valence-electron chi connectivity index (χ0n) is 8.06. The van der Waals surface area contributed by atoms with E-state index in [2.05, 4.69) is 10.9 Å². The van der Waals surface area contributed by atoms with E-state index in [9.17, 15) is 4.39 Å². The summed E-state index contributed by atoms with van der Waals surface area (Å²) in [5.41, 5.74) is 0.812. The van der Waals surface area contributed by atoms with Gasteiger partial charge in [0.15, 0.2) is 0 Å². The minimum atomic E-state index is -0.331. The molecule has 0 bridgehead atoms. The van der Waals surface area contributed by atoms with Gasteiger partial charge >= 0.3 is 0 Å². The van der Waals surface area contributed by atoms with Gasteiger partial charge in [0, 0.05) is 17.3 Å². The summed E-state index contributed by atoms with van der Waals surface area (Å²) in [6, 6.07) is 0. The molecule has 0 radical (unpaired) electrons. The zero-order valence-corrected chi connectivity index (χ0v) is 8.06. The molecule has 0 unspecified atom stereocenters. The predicted octanol–water partition coefficient (Wildman–Crippen LogP) is 2.50. The van der Waals surface area contributed by atoms with Crippen molar-refractivity contribution in [1.82, 2.24) is 4.98 Å². The van der Waals surface area contributed by atoms with Gasteiger partial charge in [0.1, 0.15) is 5.82 Å². The topological polar surface area (TPSA) is 12.9 Å². The van der Waals surface area contributed by atoms with E-state index in [-0.39, 0.29) is 11.2 Å². The van der Waals surface area contributed by atoms with Gasteiger partial charge in [0.25, 0.3) is 0 Å². The van der Waals surface area contributed by atoms with Crippen molar-refractivity contribution >= 4 is 0 Å². The van der Waals surface area contributed by atoms with Gasteiger partial charge in [-0.25, -0.2) is 4.39 Å². The van der Waals surface area contributed by atoms with Crippen molar-refractivity contribution in [3.63, 3.8) is 0 Å². The van der Waals surface area contributed by atoms with Gasteiger partial charge in [-0.3, -0.25) is 4.98 Å². The first-order valence-corrected chi connectivity index (χ1v) is 4.07. The van der Waals surface area contributed by atoms with E-state index in [0.29, 0.717) is 11.1 Å². The predicted molar refractivity (Wildman–Crippen MR) is 50.8 cm³/mol. The summed E-state index contributed by atoms with van der Waals surface area (Å²) in [5, 5.41) is 0. The fourth-order valence-electron chi connectivity index (χ4n) is 1.31. The molecule has 0 saturated heterocycles. The molecule has 0 atom stereocenters. The third kappa shape index (κ3) is 1.86. The van der Waals surface area contributed by atoms with Crippen LogP contribution in [0.1, 0.15) is 31.9 Å². The van der Waals surface area contributed by atoms with Crippen molar-refractivity contribution in [3.8, 4) is 12.3 Å². The Hall–Kier alpha value is -1.36. The Kier molecular flexibility index (Phi) is 2.38. The molecule has 1 aromatic heterocycles. The minimum Gasteiger partial charge on any atom is -0.260 e. The van der Waals surface area contributed by atoms with Crippen molar-refractivity contribution in [3.05, 3.63) is 29.3 Å². The Labute approximate surface area is 78.0 Å². The van der Waals surface area contributed by atoms with E-state index in [1.165, 1.54) is 12.4 Å². The Morgan fingerprint density at radius 2 is 2.00 bits per heavy atom. The van der Waals surface area contributed by atoms with E-state index in [1.54, 1.807) is 0 Å². The number of pyridine rings is 1. The number of terminal acetylenes is 1. The Balaban J connectivity index is 3.43. The van der Waals surface area contributed by atoms with Crippen LogP contribution < -0.4 is 0 Å². The highest BCUT2D eigenvalue weighted by molar-refractivity contribution is 5.41. The van der Waals surface area contributed by atoms with Crippen molar-refractivity contribution < 1.29 is 4.39 Å². The van der Waals surface area contributed by atoms with E-state index in [1.807, 2.05) is 20.8 Å². The highest BCUT2D eigenvalue weighted by Crippen LogP contribution is 2.27. The van der Waals surface area contributed by atoms with E-state index in [4.69, 9.17) is 6.42 Å². The van der Waals surface area contributed by atoms with Crippen molar-refractivity contribution in [1.29, 1.82) is 0 Å². The molecular formula is C11H12FN. The molecule has 0 spiro atoms. The molecule has 68 valence electrons. The molecule has 1 rings (SSSR count). The summed E-state index contributed by atoms with van der Waals surface area (Å²) < 4.78 is 13.4. The third-order valence-corrected chi connectivity index (χ3v) is 1.81. The maximum Gasteiger partial charge on any atom is 0.146 e. The SMILES string of the molecule is C#Cc1cncc(F)c1C(C)(C)C. The van der Waals surface area contributed by atoms with Crippen molar-refractivity contribution in [2.75, 3.05) is 0 Å². The highest BCUT2D eigenvalue weighted by Gasteiger charge is 2.21. The maximum absolute atomic E-state index is 13.4. The number of halogens is 1. The van der Waals surface area contributed by atoms with E-state index >= 15 is 0 Å². The monoisotopic (exact) mass is 177 g/mol. The number of hydrogen-bond donors (Lipinski definition) is 0. The lowest BCUT2D eigenvalue weighted by Crippen LogP contribution is -2.16. The molecule has 0 amide bonds. The van der Waals surface area contributed by atoms with E-state index < -0.39 is 0 Å². The zero-order chi connectivity index (χ0) is 10.1. The van der Waals surface area contributed by atoms with Crippen LogP contribution in [0.5, 0.6) is 0 Å². The number of aromatic nitrogens is 1. The van der Waals surface area contributed by atoms with Crippen LogP contribution in [-0.2, 0) is 5.41 Å². The Morgan fingerprint density at radius 3 is 2.38 bits per heavy atom. The molecule has 2 heteroatoms. The summed E-state index contributed by atoms with van der Waals surface area (Å²) in [6.07, 6.45) is 7.97. The van der Waals surface area contributed by atoms with Gasteiger partial charge in [-0.15, -0.1) is 6.42 Å². The molecule has 1 nitrogen and oxygen atoms in total. The van der Waals surface area contributed by atoms with Gasteiger partial charge < -0.3 is 0 Å². The maximum atomic E-state index is 13.4.